The Bertz CT molecular complexity index is 767. The van der Waals surface area contributed by atoms with E-state index in [1.54, 1.807) is 34.2 Å². The molecule has 1 amide bonds. The molecular formula is C23H36F2N3O2P. The molecule has 2 rings (SSSR count). The van der Waals surface area contributed by atoms with Crippen LogP contribution in [0.3, 0.4) is 0 Å². The maximum Gasteiger partial charge on any atom is 0.410 e. The van der Waals surface area contributed by atoms with Crippen molar-refractivity contribution in [3.63, 3.8) is 0 Å². The Balaban J connectivity index is 2.28. The fourth-order valence-corrected chi connectivity index (χ4v) is 4.19. The number of piperazine rings is 1. The largest absolute Gasteiger partial charge is 0.446 e. The van der Waals surface area contributed by atoms with Crippen molar-refractivity contribution in [2.75, 3.05) is 19.6 Å². The van der Waals surface area contributed by atoms with E-state index < -0.39 is 5.66 Å². The van der Waals surface area contributed by atoms with E-state index in [0.29, 0.717) is 30.9 Å². The summed E-state index contributed by atoms with van der Waals surface area (Å²) in [5, 5.41) is 0. The predicted octanol–water partition coefficient (Wildman–Crippen LogP) is 5.75. The predicted molar refractivity (Wildman–Crippen MR) is 126 cm³/mol. The lowest BCUT2D eigenvalue weighted by molar-refractivity contribution is 0.00751. The van der Waals surface area contributed by atoms with E-state index in [2.05, 4.69) is 9.89 Å². The number of aliphatic imine (C=N–C) groups is 1. The minimum absolute atomic E-state index is 0.0440. The summed E-state index contributed by atoms with van der Waals surface area (Å²) in [5.41, 5.74) is -1.42. The van der Waals surface area contributed by atoms with Gasteiger partial charge in [0.25, 0.3) is 5.66 Å². The number of halogens is 2. The smallest absolute Gasteiger partial charge is 0.410 e. The molecule has 1 saturated heterocycles. The monoisotopic (exact) mass is 455 g/mol. The molecule has 2 atom stereocenters. The first-order valence-corrected chi connectivity index (χ1v) is 11.6. The van der Waals surface area contributed by atoms with E-state index in [0.717, 1.165) is 31.4 Å². The number of carbonyl (C=O) groups is 1. The highest BCUT2D eigenvalue weighted by atomic mass is 31.0. The average Bonchev–Trinajstić information content (AvgIpc) is 2.67. The van der Waals surface area contributed by atoms with Gasteiger partial charge in [-0.25, -0.2) is 4.79 Å². The minimum Gasteiger partial charge on any atom is -0.446 e. The Kier molecular flexibility index (Phi) is 9.23. The maximum atomic E-state index is 14.4. The van der Waals surface area contributed by atoms with E-state index in [1.807, 2.05) is 26.8 Å². The van der Waals surface area contributed by atoms with Crippen molar-refractivity contribution in [3.8, 4) is 0 Å². The number of alkyl halides is 2. The fourth-order valence-electron chi connectivity index (χ4n) is 3.88. The molecule has 2 unspecified atom stereocenters. The van der Waals surface area contributed by atoms with E-state index in [-0.39, 0.29) is 23.8 Å². The first-order valence-electron chi connectivity index (χ1n) is 11.1. The van der Waals surface area contributed by atoms with Gasteiger partial charge < -0.3 is 14.5 Å². The first-order chi connectivity index (χ1) is 14.6. The highest BCUT2D eigenvalue weighted by Gasteiger charge is 2.35. The molecule has 2 aliphatic rings. The molecule has 174 valence electrons. The third-order valence-electron chi connectivity index (χ3n) is 5.91. The zero-order valence-corrected chi connectivity index (χ0v) is 20.5. The summed E-state index contributed by atoms with van der Waals surface area (Å²) < 4.78 is 34.4. The molecule has 0 N–H and O–H groups in total. The van der Waals surface area contributed by atoms with Crippen molar-refractivity contribution in [3.05, 3.63) is 35.2 Å². The number of hydrogen-bond donors (Lipinski definition) is 0. The van der Waals surface area contributed by atoms with Crippen LogP contribution in [0.1, 0.15) is 60.3 Å². The van der Waals surface area contributed by atoms with Crippen LogP contribution in [-0.4, -0.2) is 59.0 Å². The van der Waals surface area contributed by atoms with Gasteiger partial charge in [-0.05, 0) is 53.4 Å². The Hall–Kier alpha value is -1.75. The lowest BCUT2D eigenvalue weighted by atomic mass is 9.96. The highest BCUT2D eigenvalue weighted by Crippen LogP contribution is 2.38. The summed E-state index contributed by atoms with van der Waals surface area (Å²) in [4.78, 5) is 20.7. The van der Waals surface area contributed by atoms with Gasteiger partial charge in [-0.3, -0.25) is 4.99 Å². The molecule has 1 aliphatic carbocycles. The van der Waals surface area contributed by atoms with Gasteiger partial charge in [0.2, 0.25) is 0 Å². The van der Waals surface area contributed by atoms with Crippen molar-refractivity contribution < 1.29 is 18.3 Å². The van der Waals surface area contributed by atoms with Gasteiger partial charge in [0.1, 0.15) is 6.10 Å². The molecule has 2 fully saturated rings. The Morgan fingerprint density at radius 3 is 2.45 bits per heavy atom. The Morgan fingerprint density at radius 1 is 1.29 bits per heavy atom. The molecule has 0 aromatic carbocycles. The summed E-state index contributed by atoms with van der Waals surface area (Å²) in [6.45, 7) is 10.8. The molecule has 0 radical (unpaired) electrons. The summed E-state index contributed by atoms with van der Waals surface area (Å²) in [6.07, 6.45) is 8.57. The SMILES string of the molecule is C\C=C(C(/C(C)=N/C=C/CC)=C(/C)N1CCN(C(=O)OC2CCC2)C(C)C1)\C(F)(F)P. The van der Waals surface area contributed by atoms with Gasteiger partial charge in [0.05, 0.1) is 0 Å². The van der Waals surface area contributed by atoms with E-state index in [9.17, 15) is 13.6 Å². The maximum absolute atomic E-state index is 14.4. The van der Waals surface area contributed by atoms with E-state index in [4.69, 9.17) is 4.74 Å². The van der Waals surface area contributed by atoms with Crippen LogP contribution in [0, 0.1) is 0 Å². The summed E-state index contributed by atoms with van der Waals surface area (Å²) >= 11 is 0. The highest BCUT2D eigenvalue weighted by molar-refractivity contribution is 7.18. The van der Waals surface area contributed by atoms with E-state index in [1.165, 1.54) is 6.08 Å². The molecule has 1 aliphatic heterocycles. The molecule has 0 bridgehead atoms. The minimum atomic E-state index is -3.07. The number of hydrogen-bond acceptors (Lipinski definition) is 4. The molecule has 0 spiro atoms. The molecule has 0 aromatic rings. The van der Waals surface area contributed by atoms with Crippen molar-refractivity contribution in [2.24, 2.45) is 4.99 Å². The standard InChI is InChI=1S/C23H36F2N3O2P/c1-6-8-12-26-17(4)21(20(7-2)23(24,25)31)18(5)27-13-14-28(16(3)15-27)22(29)30-19-10-9-11-19/h7-8,12,16,19H,6,9-11,13-15,31H2,1-5H3/b12-8+,20-7+,21-18-,26-17+. The second-order valence-electron chi connectivity index (χ2n) is 8.22. The summed E-state index contributed by atoms with van der Waals surface area (Å²) in [7, 11) is 1.63. The summed E-state index contributed by atoms with van der Waals surface area (Å²) in [6, 6.07) is -0.0830. The van der Waals surface area contributed by atoms with Crippen molar-refractivity contribution >= 4 is 21.0 Å². The second-order valence-corrected chi connectivity index (χ2v) is 8.94. The number of ether oxygens (including phenoxy) is 1. The molecule has 5 nitrogen and oxygen atoms in total. The lowest BCUT2D eigenvalue weighted by Gasteiger charge is -2.42. The number of carbonyl (C=O) groups excluding carboxylic acids is 1. The van der Waals surface area contributed by atoms with Gasteiger partial charge in [0, 0.05) is 54.4 Å². The number of nitrogens with zero attached hydrogens (tertiary/aromatic N) is 3. The number of amides is 1. The number of rotatable bonds is 7. The van der Waals surface area contributed by atoms with Crippen LogP contribution in [0.5, 0.6) is 0 Å². The van der Waals surface area contributed by atoms with Crippen LogP contribution < -0.4 is 0 Å². The zero-order chi connectivity index (χ0) is 23.2. The van der Waals surface area contributed by atoms with Gasteiger partial charge in [-0.2, -0.15) is 8.78 Å². The summed E-state index contributed by atoms with van der Waals surface area (Å²) in [5.74, 6) is 0. The quantitative estimate of drug-likeness (QED) is 0.279. The van der Waals surface area contributed by atoms with Gasteiger partial charge in [-0.1, -0.05) is 28.3 Å². The van der Waals surface area contributed by atoms with E-state index >= 15 is 0 Å². The van der Waals surface area contributed by atoms with Crippen LogP contribution in [-0.2, 0) is 4.74 Å². The van der Waals surface area contributed by atoms with Crippen LogP contribution >= 0.6 is 9.24 Å². The molecule has 1 heterocycles. The molecule has 0 aromatic heterocycles. The van der Waals surface area contributed by atoms with Crippen LogP contribution in [0.2, 0.25) is 0 Å². The third-order valence-corrected chi connectivity index (χ3v) is 6.22. The van der Waals surface area contributed by atoms with Gasteiger partial charge in [0.15, 0.2) is 0 Å². The van der Waals surface area contributed by atoms with Gasteiger partial charge in [-0.15, -0.1) is 0 Å². The van der Waals surface area contributed by atoms with Gasteiger partial charge >= 0.3 is 6.09 Å². The molecule has 8 heteroatoms. The molecule has 31 heavy (non-hydrogen) atoms. The van der Waals surface area contributed by atoms with Crippen LogP contribution in [0.4, 0.5) is 13.6 Å². The van der Waals surface area contributed by atoms with Crippen molar-refractivity contribution in [2.45, 2.75) is 78.1 Å². The Morgan fingerprint density at radius 2 is 1.97 bits per heavy atom. The topological polar surface area (TPSA) is 45.1 Å². The fraction of sp³-hybridized carbons (Fsp3) is 0.652. The zero-order valence-electron chi connectivity index (χ0n) is 19.3. The number of allylic oxidation sites excluding steroid dienone is 5. The van der Waals surface area contributed by atoms with Crippen molar-refractivity contribution in [1.29, 1.82) is 0 Å². The third kappa shape index (κ3) is 6.61. The second kappa shape index (κ2) is 11.2. The van der Waals surface area contributed by atoms with Crippen LogP contribution in [0.25, 0.3) is 0 Å². The lowest BCUT2D eigenvalue weighted by Crippen LogP contribution is -2.54. The normalized spacial score (nSPS) is 22.5. The molecular weight excluding hydrogens is 419 g/mol. The Labute approximate surface area is 187 Å². The van der Waals surface area contributed by atoms with Crippen LogP contribution in [0.15, 0.2) is 40.2 Å². The molecule has 1 saturated carbocycles. The van der Waals surface area contributed by atoms with Crippen molar-refractivity contribution in [1.82, 2.24) is 9.80 Å². The first kappa shape index (κ1) is 25.5. The average molecular weight is 456 g/mol.